The lowest BCUT2D eigenvalue weighted by molar-refractivity contribution is 0.192. The van der Waals surface area contributed by atoms with Crippen molar-refractivity contribution in [2.45, 2.75) is 13.0 Å². The number of methoxy groups -OCH3 is 4. The summed E-state index contributed by atoms with van der Waals surface area (Å²) in [6.07, 6.45) is 0.634. The molecule has 1 atom stereocenters. The predicted octanol–water partition coefficient (Wildman–Crippen LogP) is 3.26. The summed E-state index contributed by atoms with van der Waals surface area (Å²) >= 11 is 1.21. The van der Waals surface area contributed by atoms with E-state index in [4.69, 9.17) is 18.9 Å². The number of ether oxygens (including phenoxy) is 4. The maximum absolute atomic E-state index is 10.7. The predicted molar refractivity (Wildman–Crippen MR) is 139 cm³/mol. The van der Waals surface area contributed by atoms with Gasteiger partial charge in [-0.3, -0.25) is 14.3 Å². The van der Waals surface area contributed by atoms with Crippen molar-refractivity contribution < 1.29 is 24.1 Å². The number of anilines is 1. The van der Waals surface area contributed by atoms with E-state index in [0.29, 0.717) is 51.9 Å². The number of aliphatic hydroxyl groups is 1. The molecule has 3 heterocycles. The van der Waals surface area contributed by atoms with Gasteiger partial charge in [0.1, 0.15) is 34.7 Å². The SMILES string of the molecule is COc1cccc(-c2nnc(NSCC(O)c3ncc(C)nc3OC)n2-c2c(OC)cccc2OC)n1. The lowest BCUT2D eigenvalue weighted by Crippen LogP contribution is -2.11. The third-order valence-corrected chi connectivity index (χ3v) is 6.06. The minimum absolute atomic E-state index is 0.219. The van der Waals surface area contributed by atoms with Gasteiger partial charge in [0, 0.05) is 18.0 Å². The van der Waals surface area contributed by atoms with Crippen molar-refractivity contribution in [3.63, 3.8) is 0 Å². The quantitative estimate of drug-likeness (QED) is 0.278. The molecule has 4 aromatic rings. The number of rotatable bonds is 11. The lowest BCUT2D eigenvalue weighted by atomic mass is 10.2. The zero-order valence-corrected chi connectivity index (χ0v) is 21.8. The Labute approximate surface area is 218 Å². The largest absolute Gasteiger partial charge is 0.494 e. The summed E-state index contributed by atoms with van der Waals surface area (Å²) < 4.78 is 26.7. The molecular weight excluding hydrogens is 498 g/mol. The van der Waals surface area contributed by atoms with Crippen LogP contribution in [-0.4, -0.2) is 69.0 Å². The molecule has 0 aliphatic rings. The fraction of sp³-hybridized carbons (Fsp3) is 0.292. The number of hydrogen-bond donors (Lipinski definition) is 2. The number of aryl methyl sites for hydroxylation is 1. The summed E-state index contributed by atoms with van der Waals surface area (Å²) in [7, 11) is 6.17. The average molecular weight is 526 g/mol. The van der Waals surface area contributed by atoms with Crippen LogP contribution >= 0.6 is 11.9 Å². The first-order valence-corrected chi connectivity index (χ1v) is 12.1. The Balaban J connectivity index is 1.70. The van der Waals surface area contributed by atoms with Crippen LogP contribution in [0.25, 0.3) is 17.2 Å². The van der Waals surface area contributed by atoms with Gasteiger partial charge in [-0.1, -0.05) is 12.1 Å². The molecule has 1 aromatic carbocycles. The molecule has 1 unspecified atom stereocenters. The monoisotopic (exact) mass is 525 g/mol. The number of pyridine rings is 1. The Hall–Kier alpha value is -4.10. The van der Waals surface area contributed by atoms with Gasteiger partial charge in [-0.05, 0) is 37.1 Å². The van der Waals surface area contributed by atoms with Crippen LogP contribution in [0.5, 0.6) is 23.3 Å². The molecule has 0 saturated carbocycles. The van der Waals surface area contributed by atoms with Gasteiger partial charge in [0.15, 0.2) is 5.82 Å². The molecule has 0 saturated heterocycles. The minimum Gasteiger partial charge on any atom is -0.494 e. The molecule has 13 heteroatoms. The van der Waals surface area contributed by atoms with Crippen LogP contribution in [0.1, 0.15) is 17.5 Å². The summed E-state index contributed by atoms with van der Waals surface area (Å²) in [5.74, 6) is 2.79. The van der Waals surface area contributed by atoms with Gasteiger partial charge in [-0.15, -0.1) is 10.2 Å². The van der Waals surface area contributed by atoms with Gasteiger partial charge in [-0.2, -0.15) is 0 Å². The molecule has 0 aliphatic carbocycles. The third-order valence-electron chi connectivity index (χ3n) is 5.25. The summed E-state index contributed by atoms with van der Waals surface area (Å²) in [4.78, 5) is 13.1. The van der Waals surface area contributed by atoms with E-state index in [1.54, 1.807) is 51.1 Å². The molecule has 37 heavy (non-hydrogen) atoms. The van der Waals surface area contributed by atoms with Crippen molar-refractivity contribution in [2.24, 2.45) is 0 Å². The maximum atomic E-state index is 10.7. The molecule has 0 aliphatic heterocycles. The molecule has 0 spiro atoms. The second-order valence-corrected chi connectivity index (χ2v) is 8.42. The van der Waals surface area contributed by atoms with Crippen molar-refractivity contribution in [1.82, 2.24) is 29.7 Å². The van der Waals surface area contributed by atoms with Gasteiger partial charge in [-0.25, -0.2) is 9.97 Å². The Morgan fingerprint density at radius 1 is 0.946 bits per heavy atom. The summed E-state index contributed by atoms with van der Waals surface area (Å²) in [5, 5.41) is 19.5. The Bertz CT molecular complexity index is 1350. The summed E-state index contributed by atoms with van der Waals surface area (Å²) in [5.41, 5.74) is 2.14. The van der Waals surface area contributed by atoms with E-state index in [9.17, 15) is 5.11 Å². The van der Waals surface area contributed by atoms with Crippen LogP contribution < -0.4 is 23.7 Å². The number of benzene rings is 1. The maximum Gasteiger partial charge on any atom is 0.239 e. The number of hydrogen-bond acceptors (Lipinski definition) is 12. The molecule has 12 nitrogen and oxygen atoms in total. The number of aliphatic hydroxyl groups excluding tert-OH is 1. The summed E-state index contributed by atoms with van der Waals surface area (Å²) in [6, 6.07) is 10.8. The van der Waals surface area contributed by atoms with Crippen LogP contribution in [-0.2, 0) is 0 Å². The lowest BCUT2D eigenvalue weighted by Gasteiger charge is -2.18. The van der Waals surface area contributed by atoms with Crippen molar-refractivity contribution >= 4 is 17.9 Å². The first-order chi connectivity index (χ1) is 18.0. The van der Waals surface area contributed by atoms with Gasteiger partial charge in [0.2, 0.25) is 17.7 Å². The first kappa shape index (κ1) is 26.0. The highest BCUT2D eigenvalue weighted by atomic mass is 32.2. The highest BCUT2D eigenvalue weighted by molar-refractivity contribution is 8.00. The van der Waals surface area contributed by atoms with E-state index in [-0.39, 0.29) is 11.6 Å². The van der Waals surface area contributed by atoms with Crippen LogP contribution in [0.15, 0.2) is 42.6 Å². The molecular formula is C24H27N7O5S. The highest BCUT2D eigenvalue weighted by Gasteiger charge is 2.24. The Kier molecular flexibility index (Phi) is 8.25. The van der Waals surface area contributed by atoms with E-state index >= 15 is 0 Å². The van der Waals surface area contributed by atoms with E-state index < -0.39 is 6.10 Å². The third kappa shape index (κ3) is 5.52. The second-order valence-electron chi connectivity index (χ2n) is 7.59. The smallest absolute Gasteiger partial charge is 0.239 e. The number of aromatic nitrogens is 6. The fourth-order valence-electron chi connectivity index (χ4n) is 3.54. The van der Waals surface area contributed by atoms with Crippen LogP contribution in [0.3, 0.4) is 0 Å². The van der Waals surface area contributed by atoms with Crippen LogP contribution in [0.4, 0.5) is 5.95 Å². The molecule has 0 radical (unpaired) electrons. The van der Waals surface area contributed by atoms with E-state index in [1.165, 1.54) is 19.1 Å². The van der Waals surface area contributed by atoms with Crippen molar-refractivity contribution in [3.05, 3.63) is 54.0 Å². The molecule has 0 fully saturated rings. The topological polar surface area (TPSA) is 139 Å². The zero-order chi connectivity index (χ0) is 26.4. The minimum atomic E-state index is -0.947. The second kappa shape index (κ2) is 11.8. The molecule has 2 N–H and O–H groups in total. The standard InChI is InChI=1S/C24H27N7O5S/c1-14-12-25-20(23(26-14)36-5)16(32)13-37-30-24-29-28-22(15-8-6-11-19(27-15)35-4)31(24)21-17(33-2)9-7-10-18(21)34-3/h6-12,16,32H,13H2,1-5H3,(H,29,30). The van der Waals surface area contributed by atoms with E-state index in [2.05, 4.69) is 29.9 Å². The van der Waals surface area contributed by atoms with Crippen LogP contribution in [0.2, 0.25) is 0 Å². The van der Waals surface area contributed by atoms with Crippen molar-refractivity contribution in [2.75, 3.05) is 38.9 Å². The average Bonchev–Trinajstić information content (AvgIpc) is 3.35. The van der Waals surface area contributed by atoms with Gasteiger partial charge >= 0.3 is 0 Å². The molecule has 0 bridgehead atoms. The number of nitrogens with one attached hydrogen (secondary N) is 1. The molecule has 4 rings (SSSR count). The van der Waals surface area contributed by atoms with Crippen molar-refractivity contribution in [1.29, 1.82) is 0 Å². The van der Waals surface area contributed by atoms with Gasteiger partial charge in [0.05, 0.1) is 34.1 Å². The number of nitrogens with zero attached hydrogens (tertiary/aromatic N) is 6. The molecule has 0 amide bonds. The highest BCUT2D eigenvalue weighted by Crippen LogP contribution is 2.38. The molecule has 194 valence electrons. The van der Waals surface area contributed by atoms with Gasteiger partial charge in [0.25, 0.3) is 0 Å². The number of para-hydroxylation sites is 1. The summed E-state index contributed by atoms with van der Waals surface area (Å²) in [6.45, 7) is 1.80. The van der Waals surface area contributed by atoms with E-state index in [1.807, 2.05) is 24.3 Å². The van der Waals surface area contributed by atoms with E-state index in [0.717, 1.165) is 0 Å². The normalized spacial score (nSPS) is 11.6. The Morgan fingerprint density at radius 2 is 1.68 bits per heavy atom. The fourth-order valence-corrected chi connectivity index (χ4v) is 4.20. The molecule has 3 aromatic heterocycles. The van der Waals surface area contributed by atoms with Crippen molar-refractivity contribution in [3.8, 4) is 40.5 Å². The first-order valence-electron chi connectivity index (χ1n) is 11.1. The van der Waals surface area contributed by atoms with Crippen LogP contribution in [0, 0.1) is 6.92 Å². The Morgan fingerprint density at radius 3 is 2.35 bits per heavy atom. The van der Waals surface area contributed by atoms with Gasteiger partial charge < -0.3 is 24.1 Å². The zero-order valence-electron chi connectivity index (χ0n) is 21.0.